The second-order valence-electron chi connectivity index (χ2n) is 6.87. The summed E-state index contributed by atoms with van der Waals surface area (Å²) in [5, 5.41) is 0. The minimum atomic E-state index is -0.867. The summed E-state index contributed by atoms with van der Waals surface area (Å²) in [5.41, 5.74) is 0.682. The van der Waals surface area contributed by atoms with Crippen LogP contribution in [0.25, 0.3) is 0 Å². The number of rotatable bonds is 3. The Morgan fingerprint density at radius 2 is 1.81 bits per heavy atom. The average Bonchev–Trinajstić information content (AvgIpc) is 3.11. The van der Waals surface area contributed by atoms with Gasteiger partial charge in [-0.1, -0.05) is 36.4 Å². The van der Waals surface area contributed by atoms with Crippen molar-refractivity contribution in [1.82, 2.24) is 9.55 Å². The number of aromatic nitrogens is 2. The summed E-state index contributed by atoms with van der Waals surface area (Å²) in [6, 6.07) is 15.7. The monoisotopic (exact) mass is 362 g/mol. The molecule has 0 spiro atoms. The first-order valence-electron chi connectivity index (χ1n) is 8.59. The zero-order chi connectivity index (χ0) is 19.0. The number of esters is 2. The Morgan fingerprint density at radius 3 is 2.59 bits per heavy atom. The average molecular weight is 362 g/mol. The van der Waals surface area contributed by atoms with Gasteiger partial charge in [-0.3, -0.25) is 0 Å². The maximum atomic E-state index is 12.7. The maximum Gasteiger partial charge on any atom is 0.362 e. The van der Waals surface area contributed by atoms with Crippen LogP contribution in [0.2, 0.25) is 0 Å². The van der Waals surface area contributed by atoms with Crippen molar-refractivity contribution in [3.8, 4) is 5.75 Å². The van der Waals surface area contributed by atoms with Crippen molar-refractivity contribution < 1.29 is 19.1 Å². The van der Waals surface area contributed by atoms with Crippen molar-refractivity contribution in [2.24, 2.45) is 0 Å². The van der Waals surface area contributed by atoms with E-state index in [-0.39, 0.29) is 11.7 Å². The molecule has 1 aliphatic rings. The van der Waals surface area contributed by atoms with Crippen molar-refractivity contribution >= 4 is 11.9 Å². The lowest BCUT2D eigenvalue weighted by atomic mass is 9.85. The molecule has 0 fully saturated rings. The molecule has 136 valence electrons. The van der Waals surface area contributed by atoms with E-state index in [1.165, 1.54) is 6.20 Å². The number of ether oxygens (including phenoxy) is 2. The van der Waals surface area contributed by atoms with Gasteiger partial charge in [0, 0.05) is 0 Å². The van der Waals surface area contributed by atoms with Gasteiger partial charge < -0.3 is 14.0 Å². The molecule has 6 nitrogen and oxygen atoms in total. The van der Waals surface area contributed by atoms with E-state index in [0.29, 0.717) is 11.3 Å². The van der Waals surface area contributed by atoms with Gasteiger partial charge >= 0.3 is 11.9 Å². The molecule has 1 aromatic heterocycles. The summed E-state index contributed by atoms with van der Waals surface area (Å²) in [6.07, 6.45) is 3.02. The number of nitrogens with zero attached hydrogens (tertiary/aromatic N) is 2. The van der Waals surface area contributed by atoms with Gasteiger partial charge in [0.05, 0.1) is 18.1 Å². The Hall–Kier alpha value is -3.41. The van der Waals surface area contributed by atoms with E-state index in [1.807, 2.05) is 32.0 Å². The van der Waals surface area contributed by atoms with E-state index in [1.54, 1.807) is 47.3 Å². The third-order valence-electron chi connectivity index (χ3n) is 4.60. The van der Waals surface area contributed by atoms with Gasteiger partial charge in [-0.2, -0.15) is 0 Å². The van der Waals surface area contributed by atoms with Crippen LogP contribution < -0.4 is 4.74 Å². The highest BCUT2D eigenvalue weighted by Crippen LogP contribution is 2.40. The smallest absolute Gasteiger partial charge is 0.362 e. The maximum absolute atomic E-state index is 12.7. The fourth-order valence-corrected chi connectivity index (χ4v) is 3.45. The molecule has 0 aliphatic carbocycles. The van der Waals surface area contributed by atoms with Crippen molar-refractivity contribution in [2.45, 2.75) is 25.5 Å². The third-order valence-corrected chi connectivity index (χ3v) is 4.60. The van der Waals surface area contributed by atoms with Crippen LogP contribution in [0.5, 0.6) is 5.75 Å². The zero-order valence-corrected chi connectivity index (χ0v) is 15.0. The number of fused-ring (bicyclic) bond motifs is 1. The summed E-state index contributed by atoms with van der Waals surface area (Å²) in [6.45, 7) is 3.63. The molecule has 4 rings (SSSR count). The largest absolute Gasteiger partial charge is 0.453 e. The standard InChI is InChI=1S/C21H18N2O4/c1-21(2)18(15-10-6-7-11-16(15)19(24)27-21)23-13-22-12-17(23)20(25)26-14-8-4-3-5-9-14/h3-13,18H,1-2H3. The van der Waals surface area contributed by atoms with E-state index >= 15 is 0 Å². The minimum absolute atomic E-state index is 0.282. The molecule has 1 atom stereocenters. The van der Waals surface area contributed by atoms with Crippen LogP contribution in [-0.4, -0.2) is 27.1 Å². The Kier molecular flexibility index (Phi) is 4.03. The lowest BCUT2D eigenvalue weighted by molar-refractivity contribution is -0.0264. The van der Waals surface area contributed by atoms with Crippen LogP contribution in [0.15, 0.2) is 67.1 Å². The molecule has 0 saturated heterocycles. The first-order chi connectivity index (χ1) is 13.0. The highest BCUT2D eigenvalue weighted by molar-refractivity contribution is 5.93. The predicted octanol–water partition coefficient (Wildman–Crippen LogP) is 3.64. The number of benzene rings is 2. The summed E-state index contributed by atoms with van der Waals surface area (Å²) in [7, 11) is 0. The minimum Gasteiger partial charge on any atom is -0.453 e. The number of hydrogen-bond donors (Lipinski definition) is 0. The van der Waals surface area contributed by atoms with Crippen LogP contribution in [0, 0.1) is 0 Å². The van der Waals surface area contributed by atoms with Crippen LogP contribution >= 0.6 is 0 Å². The summed E-state index contributed by atoms with van der Waals surface area (Å²) < 4.78 is 12.8. The van der Waals surface area contributed by atoms with Crippen LogP contribution in [0.1, 0.15) is 46.3 Å². The van der Waals surface area contributed by atoms with Gasteiger partial charge in [0.2, 0.25) is 0 Å². The molecule has 0 amide bonds. The normalized spacial score (nSPS) is 17.7. The highest BCUT2D eigenvalue weighted by atomic mass is 16.6. The highest BCUT2D eigenvalue weighted by Gasteiger charge is 2.44. The number of carbonyl (C=O) groups excluding carboxylic acids is 2. The van der Waals surface area contributed by atoms with Gasteiger partial charge in [0.25, 0.3) is 0 Å². The molecule has 0 N–H and O–H groups in total. The van der Waals surface area contributed by atoms with Crippen molar-refractivity contribution in [3.63, 3.8) is 0 Å². The number of imidazole rings is 1. The van der Waals surface area contributed by atoms with E-state index in [4.69, 9.17) is 9.47 Å². The summed E-state index contributed by atoms with van der Waals surface area (Å²) in [4.78, 5) is 29.2. The van der Waals surface area contributed by atoms with Gasteiger partial charge in [-0.15, -0.1) is 0 Å². The molecular weight excluding hydrogens is 344 g/mol. The molecule has 0 radical (unpaired) electrons. The number of cyclic esters (lactones) is 1. The molecule has 0 saturated carbocycles. The van der Waals surface area contributed by atoms with Gasteiger partial charge in [-0.05, 0) is 37.6 Å². The topological polar surface area (TPSA) is 70.4 Å². The molecule has 6 heteroatoms. The fraction of sp³-hybridized carbons (Fsp3) is 0.190. The molecule has 3 aromatic rings. The van der Waals surface area contributed by atoms with E-state index in [0.717, 1.165) is 5.56 Å². The van der Waals surface area contributed by atoms with Crippen molar-refractivity contribution in [1.29, 1.82) is 0 Å². The SMILES string of the molecule is CC1(C)OC(=O)c2ccccc2C1n1cncc1C(=O)Oc1ccccc1. The number of hydrogen-bond acceptors (Lipinski definition) is 5. The summed E-state index contributed by atoms with van der Waals surface area (Å²) in [5.74, 6) is -0.450. The molecule has 1 aliphatic heterocycles. The molecule has 2 heterocycles. The van der Waals surface area contributed by atoms with Gasteiger partial charge in [-0.25, -0.2) is 14.6 Å². The molecular formula is C21H18N2O4. The third kappa shape index (κ3) is 2.99. The van der Waals surface area contributed by atoms with Crippen molar-refractivity contribution in [2.75, 3.05) is 0 Å². The molecule has 0 bridgehead atoms. The molecule has 27 heavy (non-hydrogen) atoms. The summed E-state index contributed by atoms with van der Waals surface area (Å²) >= 11 is 0. The second-order valence-corrected chi connectivity index (χ2v) is 6.87. The lowest BCUT2D eigenvalue weighted by Gasteiger charge is -2.40. The van der Waals surface area contributed by atoms with Crippen molar-refractivity contribution in [3.05, 3.63) is 83.9 Å². The first kappa shape index (κ1) is 17.0. The van der Waals surface area contributed by atoms with E-state index < -0.39 is 17.6 Å². The zero-order valence-electron chi connectivity index (χ0n) is 15.0. The van der Waals surface area contributed by atoms with E-state index in [9.17, 15) is 9.59 Å². The van der Waals surface area contributed by atoms with Crippen LogP contribution in [0.4, 0.5) is 0 Å². The van der Waals surface area contributed by atoms with Gasteiger partial charge in [0.1, 0.15) is 23.1 Å². The Bertz CT molecular complexity index is 1010. The first-order valence-corrected chi connectivity index (χ1v) is 8.59. The fourth-order valence-electron chi connectivity index (χ4n) is 3.45. The predicted molar refractivity (Wildman–Crippen MR) is 97.7 cm³/mol. The number of para-hydroxylation sites is 1. The Balaban J connectivity index is 1.76. The lowest BCUT2D eigenvalue weighted by Crippen LogP contribution is -2.44. The Labute approximate surface area is 156 Å². The molecule has 1 unspecified atom stereocenters. The van der Waals surface area contributed by atoms with E-state index in [2.05, 4.69) is 4.98 Å². The van der Waals surface area contributed by atoms with Gasteiger partial charge in [0.15, 0.2) is 0 Å². The molecule has 2 aromatic carbocycles. The number of carbonyl (C=O) groups is 2. The van der Waals surface area contributed by atoms with Crippen LogP contribution in [0.3, 0.4) is 0 Å². The second kappa shape index (κ2) is 6.39. The Morgan fingerprint density at radius 1 is 1.11 bits per heavy atom. The quantitative estimate of drug-likeness (QED) is 0.525. The van der Waals surface area contributed by atoms with Crippen LogP contribution in [-0.2, 0) is 4.74 Å².